The van der Waals surface area contributed by atoms with Crippen LogP contribution in [0.5, 0.6) is 0 Å². The second-order valence-corrected chi connectivity index (χ2v) is 5.85. The molecule has 4 heteroatoms. The zero-order valence-corrected chi connectivity index (χ0v) is 9.94. The van der Waals surface area contributed by atoms with Crippen LogP contribution in [-0.4, -0.2) is 33.0 Å². The van der Waals surface area contributed by atoms with Crippen LogP contribution in [0.15, 0.2) is 12.7 Å². The van der Waals surface area contributed by atoms with Gasteiger partial charge in [-0.1, -0.05) is 26.3 Å². The second kappa shape index (κ2) is 7.01. The second-order valence-electron chi connectivity index (χ2n) is 3.62. The summed E-state index contributed by atoms with van der Waals surface area (Å²) in [5.74, 6) is 0.796. The summed E-state index contributed by atoms with van der Waals surface area (Å²) in [6.45, 7) is 8.71. The van der Waals surface area contributed by atoms with Gasteiger partial charge in [-0.3, -0.25) is 0 Å². The SMILES string of the molecule is C=CCNCCS(=O)(=O)CC(C)CC. The average Bonchev–Trinajstić information content (AvgIpc) is 2.12. The molecule has 0 saturated heterocycles. The van der Waals surface area contributed by atoms with Crippen LogP contribution in [-0.2, 0) is 9.84 Å². The maximum absolute atomic E-state index is 11.5. The topological polar surface area (TPSA) is 46.2 Å². The van der Waals surface area contributed by atoms with E-state index in [2.05, 4.69) is 11.9 Å². The molecule has 0 heterocycles. The highest BCUT2D eigenvalue weighted by molar-refractivity contribution is 7.91. The van der Waals surface area contributed by atoms with Gasteiger partial charge in [0.05, 0.1) is 11.5 Å². The van der Waals surface area contributed by atoms with Crippen molar-refractivity contribution in [2.45, 2.75) is 20.3 Å². The molecule has 1 unspecified atom stereocenters. The molecule has 0 aliphatic rings. The third kappa shape index (κ3) is 7.09. The van der Waals surface area contributed by atoms with Crippen molar-refractivity contribution in [1.82, 2.24) is 5.32 Å². The number of hydrogen-bond acceptors (Lipinski definition) is 3. The van der Waals surface area contributed by atoms with E-state index in [9.17, 15) is 8.42 Å². The predicted molar refractivity (Wildman–Crippen MR) is 61.2 cm³/mol. The first-order chi connectivity index (χ1) is 6.52. The van der Waals surface area contributed by atoms with E-state index in [1.54, 1.807) is 6.08 Å². The molecule has 0 aromatic rings. The molecular formula is C10H21NO2S. The molecule has 1 atom stereocenters. The quantitative estimate of drug-likeness (QED) is 0.493. The van der Waals surface area contributed by atoms with E-state index in [4.69, 9.17) is 0 Å². The lowest BCUT2D eigenvalue weighted by molar-refractivity contribution is 0.562. The lowest BCUT2D eigenvalue weighted by Gasteiger charge is -2.09. The molecule has 0 fully saturated rings. The van der Waals surface area contributed by atoms with Crippen LogP contribution in [0.2, 0.25) is 0 Å². The Kier molecular flexibility index (Phi) is 6.83. The van der Waals surface area contributed by atoms with Crippen LogP contribution < -0.4 is 5.32 Å². The molecule has 0 aliphatic heterocycles. The number of sulfone groups is 1. The Balaban J connectivity index is 3.78. The molecule has 0 saturated carbocycles. The van der Waals surface area contributed by atoms with Crippen LogP contribution in [0, 0.1) is 5.92 Å². The van der Waals surface area contributed by atoms with Crippen LogP contribution in [0.3, 0.4) is 0 Å². The molecule has 0 aromatic carbocycles. The first-order valence-corrected chi connectivity index (χ1v) is 6.86. The minimum atomic E-state index is -2.87. The third-order valence-corrected chi connectivity index (χ3v) is 4.02. The highest BCUT2D eigenvalue weighted by Crippen LogP contribution is 2.05. The van der Waals surface area contributed by atoms with Crippen molar-refractivity contribution in [3.63, 3.8) is 0 Å². The molecule has 0 aromatic heterocycles. The van der Waals surface area contributed by atoms with Crippen molar-refractivity contribution in [3.8, 4) is 0 Å². The summed E-state index contributed by atoms with van der Waals surface area (Å²) in [6, 6.07) is 0. The first-order valence-electron chi connectivity index (χ1n) is 5.04. The highest BCUT2D eigenvalue weighted by atomic mass is 32.2. The Morgan fingerprint density at radius 3 is 2.64 bits per heavy atom. The van der Waals surface area contributed by atoms with Gasteiger partial charge in [-0.15, -0.1) is 6.58 Å². The van der Waals surface area contributed by atoms with E-state index in [1.807, 2.05) is 13.8 Å². The molecule has 0 radical (unpaired) electrons. The maximum Gasteiger partial charge on any atom is 0.151 e. The summed E-state index contributed by atoms with van der Waals surface area (Å²) in [5, 5.41) is 2.99. The Hall–Kier alpha value is -0.350. The first kappa shape index (κ1) is 13.7. The van der Waals surface area contributed by atoms with Gasteiger partial charge in [0.2, 0.25) is 0 Å². The largest absolute Gasteiger partial charge is 0.312 e. The van der Waals surface area contributed by atoms with E-state index in [0.717, 1.165) is 6.42 Å². The molecular weight excluding hydrogens is 198 g/mol. The van der Waals surface area contributed by atoms with Crippen LogP contribution in [0.1, 0.15) is 20.3 Å². The van der Waals surface area contributed by atoms with Crippen molar-refractivity contribution >= 4 is 9.84 Å². The van der Waals surface area contributed by atoms with Crippen molar-refractivity contribution in [1.29, 1.82) is 0 Å². The minimum absolute atomic E-state index is 0.227. The summed E-state index contributed by atoms with van der Waals surface area (Å²) in [4.78, 5) is 0. The predicted octanol–water partition coefficient (Wildman–Crippen LogP) is 1.22. The van der Waals surface area contributed by atoms with Crippen LogP contribution in [0.4, 0.5) is 0 Å². The standard InChI is InChI=1S/C10H21NO2S/c1-4-6-11-7-8-14(12,13)9-10(3)5-2/h4,10-11H,1,5-9H2,2-3H3. The smallest absolute Gasteiger partial charge is 0.151 e. The van der Waals surface area contributed by atoms with E-state index < -0.39 is 9.84 Å². The summed E-state index contributed by atoms with van der Waals surface area (Å²) < 4.78 is 23.0. The highest BCUT2D eigenvalue weighted by Gasteiger charge is 2.13. The summed E-state index contributed by atoms with van der Waals surface area (Å²) in [6.07, 6.45) is 2.64. The molecule has 1 N–H and O–H groups in total. The monoisotopic (exact) mass is 219 g/mol. The molecule has 84 valence electrons. The van der Waals surface area contributed by atoms with Gasteiger partial charge in [-0.25, -0.2) is 8.42 Å². The summed E-state index contributed by atoms with van der Waals surface area (Å²) in [7, 11) is -2.87. The Labute approximate surface area is 87.5 Å². The van der Waals surface area contributed by atoms with Crippen molar-refractivity contribution in [3.05, 3.63) is 12.7 Å². The van der Waals surface area contributed by atoms with Gasteiger partial charge in [0.15, 0.2) is 9.84 Å². The van der Waals surface area contributed by atoms with Crippen molar-refractivity contribution in [2.24, 2.45) is 5.92 Å². The van der Waals surface area contributed by atoms with Gasteiger partial charge in [-0.2, -0.15) is 0 Å². The zero-order valence-electron chi connectivity index (χ0n) is 9.12. The number of hydrogen-bond donors (Lipinski definition) is 1. The van der Waals surface area contributed by atoms with Gasteiger partial charge >= 0.3 is 0 Å². The van der Waals surface area contributed by atoms with Crippen LogP contribution in [0.25, 0.3) is 0 Å². The van der Waals surface area contributed by atoms with Gasteiger partial charge in [-0.05, 0) is 5.92 Å². The molecule has 0 rings (SSSR count). The Morgan fingerprint density at radius 1 is 1.50 bits per heavy atom. The fourth-order valence-corrected chi connectivity index (χ4v) is 2.79. The van der Waals surface area contributed by atoms with Gasteiger partial charge in [0, 0.05) is 13.1 Å². The fourth-order valence-electron chi connectivity index (χ4n) is 1.07. The van der Waals surface area contributed by atoms with Gasteiger partial charge < -0.3 is 5.32 Å². The normalized spacial score (nSPS) is 13.9. The third-order valence-electron chi connectivity index (χ3n) is 2.11. The number of rotatable bonds is 8. The molecule has 0 bridgehead atoms. The molecule has 3 nitrogen and oxygen atoms in total. The maximum atomic E-state index is 11.5. The van der Waals surface area contributed by atoms with Crippen molar-refractivity contribution in [2.75, 3.05) is 24.6 Å². The zero-order chi connectivity index (χ0) is 11.0. The molecule has 0 amide bonds. The van der Waals surface area contributed by atoms with E-state index in [1.165, 1.54) is 0 Å². The van der Waals surface area contributed by atoms with Crippen LogP contribution >= 0.6 is 0 Å². The average molecular weight is 219 g/mol. The molecule has 0 spiro atoms. The Bertz CT molecular complexity index is 247. The lowest BCUT2D eigenvalue weighted by atomic mass is 10.2. The summed E-state index contributed by atoms with van der Waals surface area (Å²) >= 11 is 0. The molecule has 0 aliphatic carbocycles. The van der Waals surface area contributed by atoms with E-state index in [0.29, 0.717) is 18.8 Å². The molecule has 14 heavy (non-hydrogen) atoms. The van der Waals surface area contributed by atoms with E-state index >= 15 is 0 Å². The minimum Gasteiger partial charge on any atom is -0.312 e. The van der Waals surface area contributed by atoms with Gasteiger partial charge in [0.25, 0.3) is 0 Å². The Morgan fingerprint density at radius 2 is 2.14 bits per heavy atom. The van der Waals surface area contributed by atoms with E-state index in [-0.39, 0.29) is 11.7 Å². The number of nitrogens with one attached hydrogen (secondary N) is 1. The van der Waals surface area contributed by atoms with Crippen molar-refractivity contribution < 1.29 is 8.42 Å². The lowest BCUT2D eigenvalue weighted by Crippen LogP contribution is -2.26. The van der Waals surface area contributed by atoms with Gasteiger partial charge in [0.1, 0.15) is 0 Å². The summed E-state index contributed by atoms with van der Waals surface area (Å²) in [5.41, 5.74) is 0. The fraction of sp³-hybridized carbons (Fsp3) is 0.800.